The maximum absolute atomic E-state index is 5.46. The first kappa shape index (κ1) is 14.4. The molecule has 116 valence electrons. The van der Waals surface area contributed by atoms with Gasteiger partial charge in [-0.25, -0.2) is 0 Å². The van der Waals surface area contributed by atoms with Gasteiger partial charge in [-0.05, 0) is 17.7 Å². The van der Waals surface area contributed by atoms with Gasteiger partial charge in [0.05, 0.1) is 21.3 Å². The summed E-state index contributed by atoms with van der Waals surface area (Å²) in [6.07, 6.45) is 0.660. The topological polar surface area (TPSA) is 46.2 Å². The molecular weight excluding hydrogens is 284 g/mol. The smallest absolute Gasteiger partial charge is 0.231 e. The van der Waals surface area contributed by atoms with Gasteiger partial charge in [-0.15, -0.1) is 0 Å². The number of hydrogen-bond acceptors (Lipinski definition) is 5. The molecule has 0 aromatic heterocycles. The lowest BCUT2D eigenvalue weighted by Gasteiger charge is -2.13. The first-order valence-electron chi connectivity index (χ1n) is 6.92. The van der Waals surface area contributed by atoms with E-state index in [2.05, 4.69) is 0 Å². The number of benzene rings is 2. The second-order valence-corrected chi connectivity index (χ2v) is 4.87. The van der Waals surface area contributed by atoms with Gasteiger partial charge in [0.15, 0.2) is 11.5 Å². The minimum atomic E-state index is 0.244. The summed E-state index contributed by atoms with van der Waals surface area (Å²) in [7, 11) is 4.93. The maximum Gasteiger partial charge on any atom is 0.231 e. The molecule has 0 saturated carbocycles. The summed E-state index contributed by atoms with van der Waals surface area (Å²) in [4.78, 5) is 0. The van der Waals surface area contributed by atoms with Crippen LogP contribution in [-0.2, 0) is 6.42 Å². The third-order valence-corrected chi connectivity index (χ3v) is 3.65. The minimum absolute atomic E-state index is 0.244. The summed E-state index contributed by atoms with van der Waals surface area (Å²) in [5, 5.41) is 0. The van der Waals surface area contributed by atoms with Gasteiger partial charge in [0.1, 0.15) is 17.2 Å². The maximum atomic E-state index is 5.46. The molecule has 5 nitrogen and oxygen atoms in total. The van der Waals surface area contributed by atoms with E-state index in [1.54, 1.807) is 21.3 Å². The predicted octanol–water partition coefficient (Wildman–Crippen LogP) is 3.03. The summed E-state index contributed by atoms with van der Waals surface area (Å²) in [6, 6.07) is 9.58. The molecule has 0 unspecified atom stereocenters. The van der Waals surface area contributed by atoms with Gasteiger partial charge in [-0.1, -0.05) is 6.07 Å². The zero-order valence-corrected chi connectivity index (χ0v) is 12.8. The number of methoxy groups -OCH3 is 3. The second kappa shape index (κ2) is 6.05. The van der Waals surface area contributed by atoms with E-state index in [-0.39, 0.29) is 6.79 Å². The van der Waals surface area contributed by atoms with Crippen molar-refractivity contribution >= 4 is 0 Å². The molecule has 0 atom stereocenters. The fraction of sp³-hybridized carbons (Fsp3) is 0.294. The van der Waals surface area contributed by atoms with E-state index in [9.17, 15) is 0 Å². The first-order valence-corrected chi connectivity index (χ1v) is 6.92. The standard InChI is InChI=1S/C17H18O5/c1-18-13-5-4-11(14(8-13)19-2)6-12-7-16-17(22-10-21-16)9-15(12)20-3/h4-5,7-9H,6,10H2,1-3H3. The van der Waals surface area contributed by atoms with Crippen LogP contribution in [0.15, 0.2) is 30.3 Å². The van der Waals surface area contributed by atoms with E-state index in [0.717, 1.165) is 34.1 Å². The van der Waals surface area contributed by atoms with Crippen LogP contribution in [0.4, 0.5) is 0 Å². The summed E-state index contributed by atoms with van der Waals surface area (Å²) >= 11 is 0. The van der Waals surface area contributed by atoms with Crippen LogP contribution in [0.5, 0.6) is 28.7 Å². The molecule has 5 heteroatoms. The molecule has 0 bridgehead atoms. The highest BCUT2D eigenvalue weighted by atomic mass is 16.7. The van der Waals surface area contributed by atoms with Crippen LogP contribution in [0.2, 0.25) is 0 Å². The third kappa shape index (κ3) is 2.62. The average molecular weight is 302 g/mol. The fourth-order valence-corrected chi connectivity index (χ4v) is 2.50. The highest BCUT2D eigenvalue weighted by Crippen LogP contribution is 2.39. The quantitative estimate of drug-likeness (QED) is 0.849. The van der Waals surface area contributed by atoms with Crippen molar-refractivity contribution in [1.29, 1.82) is 0 Å². The Morgan fingerprint density at radius 2 is 1.50 bits per heavy atom. The predicted molar refractivity (Wildman–Crippen MR) is 81.5 cm³/mol. The molecule has 0 radical (unpaired) electrons. The van der Waals surface area contributed by atoms with Crippen LogP contribution < -0.4 is 23.7 Å². The lowest BCUT2D eigenvalue weighted by molar-refractivity contribution is 0.174. The lowest BCUT2D eigenvalue weighted by Crippen LogP contribution is -1.98. The van der Waals surface area contributed by atoms with Crippen LogP contribution in [0, 0.1) is 0 Å². The molecule has 1 aliphatic heterocycles. The number of hydrogen-bond donors (Lipinski definition) is 0. The number of fused-ring (bicyclic) bond motifs is 1. The SMILES string of the molecule is COc1ccc(Cc2cc3c(cc2OC)OCO3)c(OC)c1. The Bertz CT molecular complexity index is 681. The van der Waals surface area contributed by atoms with E-state index in [4.69, 9.17) is 23.7 Å². The van der Waals surface area contributed by atoms with Gasteiger partial charge >= 0.3 is 0 Å². The summed E-state index contributed by atoms with van der Waals surface area (Å²) in [6.45, 7) is 0.244. The Labute approximate surface area is 129 Å². The van der Waals surface area contributed by atoms with Crippen LogP contribution in [0.25, 0.3) is 0 Å². The van der Waals surface area contributed by atoms with Crippen LogP contribution in [0.3, 0.4) is 0 Å². The van der Waals surface area contributed by atoms with Crippen molar-refractivity contribution in [1.82, 2.24) is 0 Å². The van der Waals surface area contributed by atoms with E-state index >= 15 is 0 Å². The Kier molecular flexibility index (Phi) is 3.96. The van der Waals surface area contributed by atoms with E-state index in [1.165, 1.54) is 0 Å². The highest BCUT2D eigenvalue weighted by molar-refractivity contribution is 5.54. The first-order chi connectivity index (χ1) is 10.7. The fourth-order valence-electron chi connectivity index (χ4n) is 2.50. The second-order valence-electron chi connectivity index (χ2n) is 4.87. The molecule has 2 aromatic rings. The van der Waals surface area contributed by atoms with Crippen molar-refractivity contribution in [3.8, 4) is 28.7 Å². The normalized spacial score (nSPS) is 12.1. The molecule has 1 heterocycles. The van der Waals surface area contributed by atoms with Gasteiger partial charge < -0.3 is 23.7 Å². The zero-order chi connectivity index (χ0) is 15.5. The molecule has 0 aliphatic carbocycles. The van der Waals surface area contributed by atoms with E-state index in [1.807, 2.05) is 30.3 Å². The summed E-state index contributed by atoms with van der Waals surface area (Å²) in [5.74, 6) is 3.75. The monoisotopic (exact) mass is 302 g/mol. The molecule has 0 N–H and O–H groups in total. The molecule has 0 amide bonds. The van der Waals surface area contributed by atoms with Gasteiger partial charge in [0.2, 0.25) is 6.79 Å². The van der Waals surface area contributed by atoms with Crippen molar-refractivity contribution in [3.63, 3.8) is 0 Å². The Hall–Kier alpha value is -2.56. The Morgan fingerprint density at radius 1 is 0.818 bits per heavy atom. The van der Waals surface area contributed by atoms with Crippen molar-refractivity contribution in [2.45, 2.75) is 6.42 Å². The highest BCUT2D eigenvalue weighted by Gasteiger charge is 2.19. The molecule has 0 saturated heterocycles. The van der Waals surface area contributed by atoms with Crippen LogP contribution >= 0.6 is 0 Å². The Morgan fingerprint density at radius 3 is 2.18 bits per heavy atom. The number of rotatable bonds is 5. The molecule has 2 aromatic carbocycles. The van der Waals surface area contributed by atoms with Crippen LogP contribution in [0.1, 0.15) is 11.1 Å². The van der Waals surface area contributed by atoms with Gasteiger partial charge in [0, 0.05) is 24.1 Å². The molecule has 3 rings (SSSR count). The molecule has 22 heavy (non-hydrogen) atoms. The minimum Gasteiger partial charge on any atom is -0.497 e. The molecular formula is C17H18O5. The van der Waals surface area contributed by atoms with Crippen molar-refractivity contribution in [3.05, 3.63) is 41.5 Å². The largest absolute Gasteiger partial charge is 0.497 e. The van der Waals surface area contributed by atoms with Crippen molar-refractivity contribution < 1.29 is 23.7 Å². The third-order valence-electron chi connectivity index (χ3n) is 3.65. The molecule has 1 aliphatic rings. The number of ether oxygens (including phenoxy) is 5. The van der Waals surface area contributed by atoms with Gasteiger partial charge in [-0.2, -0.15) is 0 Å². The van der Waals surface area contributed by atoms with Crippen molar-refractivity contribution in [2.24, 2.45) is 0 Å². The average Bonchev–Trinajstić information content (AvgIpc) is 3.01. The lowest BCUT2D eigenvalue weighted by atomic mass is 10.0. The molecule has 0 spiro atoms. The van der Waals surface area contributed by atoms with Gasteiger partial charge in [-0.3, -0.25) is 0 Å². The molecule has 0 fully saturated rings. The van der Waals surface area contributed by atoms with Gasteiger partial charge in [0.25, 0.3) is 0 Å². The summed E-state index contributed by atoms with van der Waals surface area (Å²) in [5.41, 5.74) is 2.05. The van der Waals surface area contributed by atoms with E-state index in [0.29, 0.717) is 12.2 Å². The van der Waals surface area contributed by atoms with E-state index < -0.39 is 0 Å². The Balaban J connectivity index is 1.96. The van der Waals surface area contributed by atoms with Crippen LogP contribution in [-0.4, -0.2) is 28.1 Å². The summed E-state index contributed by atoms with van der Waals surface area (Å²) < 4.78 is 27.0. The zero-order valence-electron chi connectivity index (χ0n) is 12.8. The van der Waals surface area contributed by atoms with Crippen molar-refractivity contribution in [2.75, 3.05) is 28.1 Å².